The maximum Gasteiger partial charge on any atom is 0.251 e. The number of carbonyl (C=O) groups is 1. The van der Waals surface area contributed by atoms with E-state index in [1.54, 1.807) is 18.3 Å². The van der Waals surface area contributed by atoms with Gasteiger partial charge in [0.15, 0.2) is 0 Å². The summed E-state index contributed by atoms with van der Waals surface area (Å²) < 4.78 is 5.51. The number of aromatic amines is 1. The van der Waals surface area contributed by atoms with Crippen LogP contribution >= 0.6 is 0 Å². The number of benzene rings is 1. The molecule has 20 heavy (non-hydrogen) atoms. The normalized spacial score (nSPS) is 10.8. The van der Waals surface area contributed by atoms with Crippen molar-refractivity contribution in [1.29, 1.82) is 0 Å². The molecular weight excluding hydrogens is 254 g/mol. The van der Waals surface area contributed by atoms with Crippen molar-refractivity contribution in [2.45, 2.75) is 33.1 Å². The number of amides is 1. The van der Waals surface area contributed by atoms with Crippen LogP contribution in [0.4, 0.5) is 0 Å². The summed E-state index contributed by atoms with van der Waals surface area (Å²) in [5.41, 5.74) is 2.57. The Bertz CT molecular complexity index is 533. The molecule has 0 atom stereocenters. The van der Waals surface area contributed by atoms with Gasteiger partial charge in [-0.1, -0.05) is 12.1 Å². The van der Waals surface area contributed by atoms with Gasteiger partial charge >= 0.3 is 0 Å². The molecule has 0 fully saturated rings. The van der Waals surface area contributed by atoms with Crippen LogP contribution in [-0.4, -0.2) is 22.2 Å². The highest BCUT2D eigenvalue weighted by molar-refractivity contribution is 5.94. The number of aromatic nitrogens is 2. The minimum Gasteiger partial charge on any atom is -0.374 e. The lowest BCUT2D eigenvalue weighted by Gasteiger charge is -2.08. The Labute approximate surface area is 118 Å². The van der Waals surface area contributed by atoms with Crippen LogP contribution < -0.4 is 5.32 Å². The molecule has 0 spiro atoms. The van der Waals surface area contributed by atoms with Crippen molar-refractivity contribution in [1.82, 2.24) is 15.5 Å². The third-order valence-corrected chi connectivity index (χ3v) is 2.80. The lowest BCUT2D eigenvalue weighted by Crippen LogP contribution is -2.22. The van der Waals surface area contributed by atoms with Gasteiger partial charge < -0.3 is 10.1 Å². The molecule has 0 radical (unpaired) electrons. The van der Waals surface area contributed by atoms with E-state index < -0.39 is 0 Å². The summed E-state index contributed by atoms with van der Waals surface area (Å²) in [7, 11) is 0. The van der Waals surface area contributed by atoms with Crippen molar-refractivity contribution in [3.05, 3.63) is 53.3 Å². The van der Waals surface area contributed by atoms with Crippen molar-refractivity contribution in [2.24, 2.45) is 0 Å². The minimum atomic E-state index is -0.101. The predicted octanol–water partition coefficient (Wildman–Crippen LogP) is 2.26. The smallest absolute Gasteiger partial charge is 0.251 e. The SMILES string of the molecule is CC(C)OCc1ccc(C(=O)NCc2ccn[nH]2)cc1. The summed E-state index contributed by atoms with van der Waals surface area (Å²) >= 11 is 0. The summed E-state index contributed by atoms with van der Waals surface area (Å²) in [4.78, 5) is 11.9. The van der Waals surface area contributed by atoms with E-state index in [9.17, 15) is 4.79 Å². The maximum atomic E-state index is 11.9. The molecule has 0 saturated carbocycles. The largest absolute Gasteiger partial charge is 0.374 e. The van der Waals surface area contributed by atoms with Gasteiger partial charge in [-0.3, -0.25) is 9.89 Å². The Morgan fingerprint density at radius 3 is 2.65 bits per heavy atom. The average molecular weight is 273 g/mol. The van der Waals surface area contributed by atoms with Gasteiger partial charge in [0.2, 0.25) is 0 Å². The molecule has 2 aromatic rings. The van der Waals surface area contributed by atoms with Gasteiger partial charge in [-0.15, -0.1) is 0 Å². The lowest BCUT2D eigenvalue weighted by molar-refractivity contribution is 0.0657. The van der Waals surface area contributed by atoms with Crippen molar-refractivity contribution in [2.75, 3.05) is 0 Å². The monoisotopic (exact) mass is 273 g/mol. The second kappa shape index (κ2) is 6.86. The number of H-pyrrole nitrogens is 1. The first-order valence-electron chi connectivity index (χ1n) is 6.62. The highest BCUT2D eigenvalue weighted by Gasteiger charge is 2.06. The molecule has 2 N–H and O–H groups in total. The van der Waals surface area contributed by atoms with E-state index in [0.717, 1.165) is 11.3 Å². The summed E-state index contributed by atoms with van der Waals surface area (Å²) in [6, 6.07) is 9.26. The van der Waals surface area contributed by atoms with Gasteiger partial charge in [-0.2, -0.15) is 5.10 Å². The Hall–Kier alpha value is -2.14. The van der Waals surface area contributed by atoms with Crippen molar-refractivity contribution in [3.63, 3.8) is 0 Å². The van der Waals surface area contributed by atoms with Crippen LogP contribution in [0, 0.1) is 0 Å². The second-order valence-corrected chi connectivity index (χ2v) is 4.82. The highest BCUT2D eigenvalue weighted by Crippen LogP contribution is 2.07. The highest BCUT2D eigenvalue weighted by atomic mass is 16.5. The predicted molar refractivity (Wildman–Crippen MR) is 76.1 cm³/mol. The third-order valence-electron chi connectivity index (χ3n) is 2.80. The van der Waals surface area contributed by atoms with E-state index in [0.29, 0.717) is 18.7 Å². The van der Waals surface area contributed by atoms with Gasteiger partial charge in [-0.25, -0.2) is 0 Å². The first-order chi connectivity index (χ1) is 9.65. The number of ether oxygens (including phenoxy) is 1. The fourth-order valence-corrected chi connectivity index (χ4v) is 1.68. The molecule has 106 valence electrons. The topological polar surface area (TPSA) is 67.0 Å². The molecule has 2 rings (SSSR count). The molecule has 1 aromatic carbocycles. The molecule has 0 bridgehead atoms. The van der Waals surface area contributed by atoms with Crippen LogP contribution in [0.1, 0.15) is 35.5 Å². The summed E-state index contributed by atoms with van der Waals surface area (Å²) in [6.45, 7) is 5.00. The number of carbonyl (C=O) groups excluding carboxylic acids is 1. The standard InChI is InChI=1S/C15H19N3O2/c1-11(2)20-10-12-3-5-13(6-4-12)15(19)16-9-14-7-8-17-18-14/h3-8,11H,9-10H2,1-2H3,(H,16,19)(H,17,18). The Morgan fingerprint density at radius 2 is 2.05 bits per heavy atom. The first kappa shape index (κ1) is 14.3. The molecular formula is C15H19N3O2. The summed E-state index contributed by atoms with van der Waals surface area (Å²) in [5.74, 6) is -0.101. The second-order valence-electron chi connectivity index (χ2n) is 4.82. The van der Waals surface area contributed by atoms with E-state index in [1.165, 1.54) is 0 Å². The zero-order valence-electron chi connectivity index (χ0n) is 11.7. The van der Waals surface area contributed by atoms with Crippen molar-refractivity contribution < 1.29 is 9.53 Å². The minimum absolute atomic E-state index is 0.101. The number of nitrogens with zero attached hydrogens (tertiary/aromatic N) is 1. The van der Waals surface area contributed by atoms with Crippen LogP contribution in [0.2, 0.25) is 0 Å². The Morgan fingerprint density at radius 1 is 1.30 bits per heavy atom. The van der Waals surface area contributed by atoms with Crippen LogP contribution in [0.15, 0.2) is 36.5 Å². The van der Waals surface area contributed by atoms with Crippen molar-refractivity contribution in [3.8, 4) is 0 Å². The van der Waals surface area contributed by atoms with Crippen LogP contribution in [-0.2, 0) is 17.9 Å². The maximum absolute atomic E-state index is 11.9. The molecule has 1 amide bonds. The Kier molecular flexibility index (Phi) is 4.90. The zero-order chi connectivity index (χ0) is 14.4. The van der Waals surface area contributed by atoms with Gasteiger partial charge in [0, 0.05) is 11.8 Å². The number of nitrogens with one attached hydrogen (secondary N) is 2. The van der Waals surface area contributed by atoms with Gasteiger partial charge in [-0.05, 0) is 37.6 Å². The van der Waals surface area contributed by atoms with E-state index in [1.807, 2.05) is 32.0 Å². The third kappa shape index (κ3) is 4.20. The molecule has 0 aliphatic heterocycles. The average Bonchev–Trinajstić information content (AvgIpc) is 2.96. The number of hydrogen-bond donors (Lipinski definition) is 2. The molecule has 0 aliphatic carbocycles. The van der Waals surface area contributed by atoms with E-state index in [2.05, 4.69) is 15.5 Å². The quantitative estimate of drug-likeness (QED) is 0.848. The molecule has 0 saturated heterocycles. The van der Waals surface area contributed by atoms with Crippen LogP contribution in [0.3, 0.4) is 0 Å². The lowest BCUT2D eigenvalue weighted by atomic mass is 10.1. The molecule has 1 aromatic heterocycles. The van der Waals surface area contributed by atoms with E-state index in [4.69, 9.17) is 4.74 Å². The number of rotatable bonds is 6. The van der Waals surface area contributed by atoms with E-state index >= 15 is 0 Å². The van der Waals surface area contributed by atoms with Gasteiger partial charge in [0.25, 0.3) is 5.91 Å². The Balaban J connectivity index is 1.87. The summed E-state index contributed by atoms with van der Waals surface area (Å²) in [6.07, 6.45) is 1.86. The van der Waals surface area contributed by atoms with Gasteiger partial charge in [0.1, 0.15) is 0 Å². The van der Waals surface area contributed by atoms with Crippen LogP contribution in [0.5, 0.6) is 0 Å². The first-order valence-corrected chi connectivity index (χ1v) is 6.62. The molecule has 5 nitrogen and oxygen atoms in total. The van der Waals surface area contributed by atoms with E-state index in [-0.39, 0.29) is 12.0 Å². The molecule has 0 unspecified atom stereocenters. The van der Waals surface area contributed by atoms with Crippen molar-refractivity contribution >= 4 is 5.91 Å². The fourth-order valence-electron chi connectivity index (χ4n) is 1.68. The molecule has 5 heteroatoms. The van der Waals surface area contributed by atoms with Crippen LogP contribution in [0.25, 0.3) is 0 Å². The summed E-state index contributed by atoms with van der Waals surface area (Å²) in [5, 5.41) is 9.46. The fraction of sp³-hybridized carbons (Fsp3) is 0.333. The zero-order valence-corrected chi connectivity index (χ0v) is 11.7. The number of hydrogen-bond acceptors (Lipinski definition) is 3. The van der Waals surface area contributed by atoms with Gasteiger partial charge in [0.05, 0.1) is 24.9 Å². The molecule has 0 aliphatic rings. The molecule has 1 heterocycles.